The Morgan fingerprint density at radius 3 is 1.40 bits per heavy atom. The van der Waals surface area contributed by atoms with Gasteiger partial charge in [0, 0.05) is 0 Å². The molecule has 0 amide bonds. The molecule has 6 aromatic rings. The third-order valence-corrected chi connectivity index (χ3v) is 16.4. The predicted molar refractivity (Wildman–Crippen MR) is 206 cm³/mol. The van der Waals surface area contributed by atoms with Gasteiger partial charge in [-0.3, -0.25) is 0 Å². The van der Waals surface area contributed by atoms with E-state index in [0.717, 1.165) is 33.4 Å². The molecular weight excluding hydrogens is 715 g/mol. The Morgan fingerprint density at radius 1 is 0.500 bits per heavy atom. The first-order chi connectivity index (χ1) is 25.4. The van der Waals surface area contributed by atoms with Gasteiger partial charge in [-0.05, 0) is 0 Å². The molecule has 262 valence electrons. The zero-order valence-electron chi connectivity index (χ0n) is 27.8. The number of rotatable bonds is 9. The van der Waals surface area contributed by atoms with Gasteiger partial charge in [0.15, 0.2) is 0 Å². The summed E-state index contributed by atoms with van der Waals surface area (Å²) >= 11 is 0. The minimum atomic E-state index is -4.01. The normalized spacial score (nSPS) is 20.7. The Labute approximate surface area is 302 Å². The second-order valence-electron chi connectivity index (χ2n) is 12.6. The molecular formula is C40H34NO8P3. The van der Waals surface area contributed by atoms with Crippen molar-refractivity contribution < 1.29 is 36.6 Å². The third-order valence-electron chi connectivity index (χ3n) is 9.57. The van der Waals surface area contributed by atoms with Gasteiger partial charge in [-0.1, -0.05) is 0 Å². The van der Waals surface area contributed by atoms with Gasteiger partial charge in [-0.25, -0.2) is 0 Å². The molecule has 0 bridgehead atoms. The molecule has 1 N–H and O–H groups in total. The van der Waals surface area contributed by atoms with E-state index in [4.69, 9.17) is 22.6 Å². The molecule has 0 radical (unpaired) electrons. The van der Waals surface area contributed by atoms with Gasteiger partial charge in [0.25, 0.3) is 0 Å². The molecule has 3 aliphatic rings. The molecule has 0 aromatic heterocycles. The Balaban J connectivity index is 1.02. The van der Waals surface area contributed by atoms with Crippen molar-refractivity contribution in [2.45, 2.75) is 0 Å². The summed E-state index contributed by atoms with van der Waals surface area (Å²) in [7, 11) is -11.7. The molecule has 12 heteroatoms. The summed E-state index contributed by atoms with van der Waals surface area (Å²) in [6.45, 7) is 0.00984. The van der Waals surface area contributed by atoms with Gasteiger partial charge in [0.05, 0.1) is 0 Å². The molecule has 3 aliphatic heterocycles. The minimum absolute atomic E-state index is 0.0827. The van der Waals surface area contributed by atoms with Crippen LogP contribution in [-0.2, 0) is 18.2 Å². The van der Waals surface area contributed by atoms with E-state index in [1.807, 2.05) is 109 Å². The van der Waals surface area contributed by atoms with Crippen LogP contribution < -0.4 is 29.5 Å². The van der Waals surface area contributed by atoms with E-state index in [2.05, 4.69) is 0 Å². The van der Waals surface area contributed by atoms with Gasteiger partial charge >= 0.3 is 303 Å². The second kappa shape index (κ2) is 13.1. The van der Waals surface area contributed by atoms with Gasteiger partial charge in [0.1, 0.15) is 0 Å². The van der Waals surface area contributed by atoms with Crippen molar-refractivity contribution >= 4 is 39.0 Å². The predicted octanol–water partition coefficient (Wildman–Crippen LogP) is 8.35. The van der Waals surface area contributed by atoms with E-state index in [-0.39, 0.29) is 26.3 Å². The Hall–Kier alpha value is -4.55. The van der Waals surface area contributed by atoms with E-state index >= 15 is 0 Å². The van der Waals surface area contributed by atoms with Crippen LogP contribution in [0.25, 0.3) is 33.4 Å². The summed E-state index contributed by atoms with van der Waals surface area (Å²) in [6, 6.07) is 44.8. The number of nitrogens with zero attached hydrogens (tertiary/aromatic N) is 1. The van der Waals surface area contributed by atoms with Crippen molar-refractivity contribution in [2.24, 2.45) is 0 Å². The summed E-state index contributed by atoms with van der Waals surface area (Å²) < 4.78 is 61.9. The number of hydrogen-bond acceptors (Lipinski definition) is 9. The van der Waals surface area contributed by atoms with Crippen molar-refractivity contribution in [3.8, 4) is 50.6 Å². The molecule has 2 unspecified atom stereocenters. The molecule has 2 atom stereocenters. The summed E-state index contributed by atoms with van der Waals surface area (Å²) in [5.74, 6) is 1.50. The molecule has 0 saturated carbocycles. The summed E-state index contributed by atoms with van der Waals surface area (Å²) in [5, 5.41) is 1.59. The molecule has 0 saturated heterocycles. The summed E-state index contributed by atoms with van der Waals surface area (Å²) in [6.07, 6.45) is 0. The van der Waals surface area contributed by atoms with Crippen LogP contribution in [0.4, 0.5) is 0 Å². The number of fused-ring (bicyclic) bond motifs is 9. The topological polar surface area (TPSA) is 104 Å². The average molecular weight is 750 g/mol. The third kappa shape index (κ3) is 5.62. The van der Waals surface area contributed by atoms with Crippen molar-refractivity contribution in [3.05, 3.63) is 146 Å². The van der Waals surface area contributed by atoms with E-state index in [1.54, 1.807) is 41.1 Å². The Morgan fingerprint density at radius 2 is 0.885 bits per heavy atom. The zero-order valence-corrected chi connectivity index (χ0v) is 30.6. The fourth-order valence-corrected chi connectivity index (χ4v) is 13.5. The van der Waals surface area contributed by atoms with Crippen molar-refractivity contribution in [3.63, 3.8) is 0 Å². The first kappa shape index (κ1) is 33.3. The van der Waals surface area contributed by atoms with Gasteiger partial charge in [0.2, 0.25) is 0 Å². The SMILES string of the molecule is O=P1(OCCN(CCOP2(=O)Oc3ccccc3-c3ccccc32)[PH]2(O)Oc3ccccc3-c3ccccc32)Oc2ccccc2-c2ccccc21. The molecule has 9 nitrogen and oxygen atoms in total. The first-order valence-electron chi connectivity index (χ1n) is 17.0. The van der Waals surface area contributed by atoms with Crippen LogP contribution in [0.5, 0.6) is 17.2 Å². The Bertz CT molecular complexity index is 2320. The maximum absolute atomic E-state index is 14.5. The van der Waals surface area contributed by atoms with E-state index in [9.17, 15) is 14.0 Å². The zero-order chi connectivity index (χ0) is 35.3. The Kier molecular flexibility index (Phi) is 8.41. The van der Waals surface area contributed by atoms with Crippen LogP contribution in [0.2, 0.25) is 0 Å². The average Bonchev–Trinajstić information content (AvgIpc) is 3.18. The van der Waals surface area contributed by atoms with Crippen molar-refractivity contribution in [1.29, 1.82) is 0 Å². The first-order valence-corrected chi connectivity index (χ1v) is 21.9. The van der Waals surface area contributed by atoms with Crippen LogP contribution in [0.15, 0.2) is 146 Å². The van der Waals surface area contributed by atoms with E-state index in [1.165, 1.54) is 0 Å². The standard InChI is InChI=1S/C40H34NO8P3/c42-50(38-22-10-4-16-32(38)29-13-1-7-19-35(29)47-50)41(25-27-45-51(43)39-23-11-5-17-33(39)30-14-2-8-20-36(30)48-51)26-28-46-52(44)40-24-12-6-18-34(40)31-15-3-9-21-37(31)49-52/h1-24,42,50H,25-28H2. The molecule has 3 heterocycles. The molecule has 52 heavy (non-hydrogen) atoms. The number of benzene rings is 6. The fourth-order valence-electron chi connectivity index (χ4n) is 7.15. The second-order valence-corrected chi connectivity index (χ2v) is 19.0. The molecule has 6 aromatic carbocycles. The summed E-state index contributed by atoms with van der Waals surface area (Å²) in [4.78, 5) is 12.7. The fraction of sp³-hybridized carbons (Fsp3) is 0.100. The molecule has 9 rings (SSSR count). The molecule has 0 spiro atoms. The van der Waals surface area contributed by atoms with Crippen LogP contribution in [0, 0.1) is 0 Å². The van der Waals surface area contributed by atoms with Gasteiger partial charge < -0.3 is 0 Å². The van der Waals surface area contributed by atoms with Crippen LogP contribution >= 0.6 is 23.1 Å². The van der Waals surface area contributed by atoms with Crippen LogP contribution in [0.1, 0.15) is 0 Å². The number of para-hydroxylation sites is 3. The van der Waals surface area contributed by atoms with Crippen LogP contribution in [-0.4, -0.2) is 35.9 Å². The number of hydrogen-bond donors (Lipinski definition) is 1. The van der Waals surface area contributed by atoms with Crippen molar-refractivity contribution in [2.75, 3.05) is 26.3 Å². The monoisotopic (exact) mass is 749 g/mol. The van der Waals surface area contributed by atoms with Crippen LogP contribution in [0.3, 0.4) is 0 Å². The molecule has 0 aliphatic carbocycles. The van der Waals surface area contributed by atoms with E-state index in [0.29, 0.717) is 33.2 Å². The maximum atomic E-state index is 14.5. The van der Waals surface area contributed by atoms with Gasteiger partial charge in [-0.15, -0.1) is 0 Å². The molecule has 0 fully saturated rings. The summed E-state index contributed by atoms with van der Waals surface area (Å²) in [5.41, 5.74) is 4.96. The van der Waals surface area contributed by atoms with E-state index < -0.39 is 23.1 Å². The van der Waals surface area contributed by atoms with Gasteiger partial charge in [-0.2, -0.15) is 0 Å². The van der Waals surface area contributed by atoms with Crippen molar-refractivity contribution in [1.82, 2.24) is 4.67 Å². The quantitative estimate of drug-likeness (QED) is 0.146.